The molecule has 207 valence electrons. The monoisotopic (exact) mass is 513 g/mol. The molecule has 1 aliphatic carbocycles. The number of Topliss-reactive ketones (excluding diaryl/α,β-unsaturated/α-hetero) is 1. The van der Waals surface area contributed by atoms with Crippen LogP contribution in [0.4, 0.5) is 0 Å². The van der Waals surface area contributed by atoms with Gasteiger partial charge in [0.25, 0.3) is 0 Å². The lowest BCUT2D eigenvalue weighted by atomic mass is 9.88. The zero-order valence-electron chi connectivity index (χ0n) is 25.0. The van der Waals surface area contributed by atoms with Crippen LogP contribution in [0.25, 0.3) is 5.57 Å². The summed E-state index contributed by atoms with van der Waals surface area (Å²) in [5.74, 6) is 1.66. The Hall–Kier alpha value is -2.93. The van der Waals surface area contributed by atoms with Gasteiger partial charge < -0.3 is 0 Å². The van der Waals surface area contributed by atoms with Crippen LogP contribution in [0.2, 0.25) is 0 Å². The fourth-order valence-electron chi connectivity index (χ4n) is 4.20. The van der Waals surface area contributed by atoms with E-state index in [9.17, 15) is 4.79 Å². The van der Waals surface area contributed by atoms with Crippen LogP contribution in [-0.4, -0.2) is 5.78 Å². The Morgan fingerprint density at radius 2 is 1.18 bits per heavy atom. The maximum absolute atomic E-state index is 11.0. The molecule has 0 unspecified atom stereocenters. The van der Waals surface area contributed by atoms with E-state index >= 15 is 0 Å². The molecule has 0 aromatic heterocycles. The van der Waals surface area contributed by atoms with Crippen molar-refractivity contribution in [2.75, 3.05) is 0 Å². The summed E-state index contributed by atoms with van der Waals surface area (Å²) in [6.07, 6.45) is 11.8. The van der Waals surface area contributed by atoms with E-state index in [1.807, 2.05) is 36.8 Å². The Morgan fingerprint density at radius 3 is 1.53 bits per heavy atom. The molecule has 0 saturated carbocycles. The highest BCUT2D eigenvalue weighted by Gasteiger charge is 2.12. The molecule has 1 nitrogen and oxygen atoms in total. The molecule has 0 atom stereocenters. The van der Waals surface area contributed by atoms with Crippen molar-refractivity contribution in [3.05, 3.63) is 120 Å². The molecule has 0 saturated heterocycles. The molecule has 1 heteroatoms. The van der Waals surface area contributed by atoms with Crippen molar-refractivity contribution in [1.82, 2.24) is 0 Å². The minimum absolute atomic E-state index is 0. The molecule has 3 aromatic rings. The van der Waals surface area contributed by atoms with Gasteiger partial charge in [-0.1, -0.05) is 159 Å². The van der Waals surface area contributed by atoms with Crippen molar-refractivity contribution >= 4 is 11.4 Å². The second-order valence-electron chi connectivity index (χ2n) is 9.89. The van der Waals surface area contributed by atoms with Crippen molar-refractivity contribution in [3.8, 4) is 0 Å². The van der Waals surface area contributed by atoms with Crippen molar-refractivity contribution in [3.63, 3.8) is 0 Å². The fraction of sp³-hybridized carbons (Fsp3) is 0.405. The lowest BCUT2D eigenvalue weighted by Gasteiger charge is -2.17. The Labute approximate surface area is 235 Å². The third kappa shape index (κ3) is 13.0. The van der Waals surface area contributed by atoms with Crippen LogP contribution in [0.5, 0.6) is 0 Å². The van der Waals surface area contributed by atoms with Gasteiger partial charge in [-0.05, 0) is 47.6 Å². The lowest BCUT2D eigenvalue weighted by Crippen LogP contribution is -2.00. The predicted molar refractivity (Wildman–Crippen MR) is 171 cm³/mol. The van der Waals surface area contributed by atoms with E-state index in [-0.39, 0.29) is 7.21 Å². The summed E-state index contributed by atoms with van der Waals surface area (Å²) in [6.45, 7) is 14.9. The highest BCUT2D eigenvalue weighted by Crippen LogP contribution is 2.30. The van der Waals surface area contributed by atoms with Gasteiger partial charge in [-0.15, -0.1) is 0 Å². The van der Waals surface area contributed by atoms with Crippen LogP contribution >= 0.6 is 0 Å². The van der Waals surface area contributed by atoms with E-state index in [1.54, 1.807) is 6.92 Å². The van der Waals surface area contributed by atoms with Gasteiger partial charge in [0.15, 0.2) is 5.78 Å². The van der Waals surface area contributed by atoms with Crippen LogP contribution in [0.15, 0.2) is 91.0 Å². The molecular formula is C37H53O. The number of allylic oxidation sites excluding steroid dienone is 2. The van der Waals surface area contributed by atoms with E-state index in [1.165, 1.54) is 55.2 Å². The van der Waals surface area contributed by atoms with Crippen molar-refractivity contribution in [2.45, 2.75) is 92.9 Å². The second-order valence-corrected chi connectivity index (χ2v) is 9.89. The first kappa shape index (κ1) is 33.1. The summed E-state index contributed by atoms with van der Waals surface area (Å²) >= 11 is 0. The summed E-state index contributed by atoms with van der Waals surface area (Å²) in [5.41, 5.74) is 6.01. The number of ketones is 1. The number of hydrogen-bond acceptors (Lipinski definition) is 1. The van der Waals surface area contributed by atoms with Crippen LogP contribution in [0.1, 0.15) is 121 Å². The first-order valence-corrected chi connectivity index (χ1v) is 14.7. The predicted octanol–water partition coefficient (Wildman–Crippen LogP) is 11.6. The molecule has 0 aliphatic heterocycles. The minimum atomic E-state index is 0. The Bertz CT molecular complexity index is 973. The Morgan fingerprint density at radius 1 is 0.711 bits per heavy atom. The van der Waals surface area contributed by atoms with Crippen molar-refractivity contribution in [2.24, 2.45) is 5.92 Å². The van der Waals surface area contributed by atoms with Gasteiger partial charge in [0, 0.05) is 19.3 Å². The van der Waals surface area contributed by atoms with Gasteiger partial charge in [0.05, 0.1) is 0 Å². The number of carbonyl (C=O) groups is 1. The molecule has 0 heterocycles. The molecule has 0 bridgehead atoms. The molecule has 0 N–H and O–H groups in total. The fourth-order valence-corrected chi connectivity index (χ4v) is 4.20. The van der Waals surface area contributed by atoms with Gasteiger partial charge in [-0.3, -0.25) is 4.79 Å². The maximum atomic E-state index is 11.0. The third-order valence-electron chi connectivity index (χ3n) is 6.65. The molecule has 0 amide bonds. The number of hydrogen-bond donors (Lipinski definition) is 0. The molecule has 0 fully saturated rings. The largest absolute Gasteiger partial charge is 0.295 e. The maximum Gasteiger partial charge on any atom is 0.159 e. The summed E-state index contributed by atoms with van der Waals surface area (Å²) in [4.78, 5) is 11.0. The van der Waals surface area contributed by atoms with Crippen LogP contribution in [0, 0.1) is 12.3 Å². The van der Waals surface area contributed by atoms with Crippen LogP contribution < -0.4 is 0 Å². The lowest BCUT2D eigenvalue weighted by molar-refractivity contribution is 0.101. The van der Waals surface area contributed by atoms with Crippen LogP contribution in [-0.2, 0) is 0 Å². The highest BCUT2D eigenvalue weighted by molar-refractivity contribution is 5.96. The van der Waals surface area contributed by atoms with E-state index in [0.717, 1.165) is 17.0 Å². The van der Waals surface area contributed by atoms with Gasteiger partial charge in [-0.25, -0.2) is 0 Å². The molecule has 4 rings (SSSR count). The molecule has 0 spiro atoms. The standard InChI is InChI=1S/C16H18.C11H9O.C7H16.C3H8.H2/c1-2-9-16(14-10-5-3-6-11-14)15-12-7-4-8-13-15;1-8(12)10-3-2-4-11(7-10)9-5-6-9;1-4-7(5-2)6-3;1-3-2;/h3-8,10-13,16H,2,9H2,1H3;2-7H,1H3;7H,4-6H2,1-3H3;3H2,1-2H3;1H. The average Bonchev–Trinajstić information content (AvgIpc) is 3.81. The zero-order chi connectivity index (χ0) is 28.2. The quantitative estimate of drug-likeness (QED) is 0.260. The Balaban J connectivity index is 0.000000556. The van der Waals surface area contributed by atoms with E-state index in [2.05, 4.69) is 102 Å². The van der Waals surface area contributed by atoms with Crippen molar-refractivity contribution < 1.29 is 6.22 Å². The minimum Gasteiger partial charge on any atom is -0.295 e. The topological polar surface area (TPSA) is 17.1 Å². The highest BCUT2D eigenvalue weighted by atomic mass is 16.1. The van der Waals surface area contributed by atoms with E-state index in [4.69, 9.17) is 0 Å². The SMILES string of the molecule is CC(=O)c1cccc(C2=C[CH]2)c1.CCC.CCC(CC)CC.CCCC(c1ccccc1)c1ccccc1.[HH]. The summed E-state index contributed by atoms with van der Waals surface area (Å²) < 4.78 is 0. The first-order valence-electron chi connectivity index (χ1n) is 14.7. The van der Waals surface area contributed by atoms with E-state index in [0.29, 0.717) is 5.92 Å². The summed E-state index contributed by atoms with van der Waals surface area (Å²) in [6, 6.07) is 29.3. The second kappa shape index (κ2) is 20.1. The van der Waals surface area contributed by atoms with Gasteiger partial charge in [-0.2, -0.15) is 0 Å². The van der Waals surface area contributed by atoms with Gasteiger partial charge in [0.1, 0.15) is 0 Å². The van der Waals surface area contributed by atoms with E-state index < -0.39 is 0 Å². The zero-order valence-corrected chi connectivity index (χ0v) is 25.0. The number of benzene rings is 3. The number of carbonyl (C=O) groups excluding carboxylic acids is 1. The molecule has 3 aromatic carbocycles. The summed E-state index contributed by atoms with van der Waals surface area (Å²) in [5, 5.41) is 0. The number of rotatable bonds is 9. The average molecular weight is 514 g/mol. The first-order chi connectivity index (χ1) is 18.4. The molecule has 38 heavy (non-hydrogen) atoms. The summed E-state index contributed by atoms with van der Waals surface area (Å²) in [7, 11) is 0. The van der Waals surface area contributed by atoms with Gasteiger partial charge in [0.2, 0.25) is 0 Å². The van der Waals surface area contributed by atoms with Crippen LogP contribution in [0.3, 0.4) is 0 Å². The molecule has 1 radical (unpaired) electrons. The smallest absolute Gasteiger partial charge is 0.159 e. The molecular weight excluding hydrogens is 460 g/mol. The normalized spacial score (nSPS) is 11.2. The third-order valence-corrected chi connectivity index (χ3v) is 6.65. The Kier molecular flexibility index (Phi) is 17.5. The molecule has 1 aliphatic rings. The van der Waals surface area contributed by atoms with Crippen molar-refractivity contribution in [1.29, 1.82) is 0 Å². The van der Waals surface area contributed by atoms with Gasteiger partial charge >= 0.3 is 0 Å².